The molecule has 1 amide bonds. The first-order chi connectivity index (χ1) is 8.86. The first-order valence-electron chi connectivity index (χ1n) is 6.27. The van der Waals surface area contributed by atoms with Gasteiger partial charge in [0.2, 0.25) is 0 Å². The lowest BCUT2D eigenvalue weighted by Crippen LogP contribution is -2.54. The molecule has 0 aliphatic heterocycles. The predicted octanol–water partition coefficient (Wildman–Crippen LogP) is 1.56. The van der Waals surface area contributed by atoms with E-state index in [1.807, 2.05) is 0 Å². The molecular formula is C14H18N2O3. The largest absolute Gasteiger partial charge is 0.480 e. The van der Waals surface area contributed by atoms with Gasteiger partial charge in [0.25, 0.3) is 5.91 Å². The number of carbonyl (C=O) groups is 2. The van der Waals surface area contributed by atoms with Gasteiger partial charge in [-0.25, -0.2) is 4.79 Å². The summed E-state index contributed by atoms with van der Waals surface area (Å²) in [4.78, 5) is 23.6. The third-order valence-electron chi connectivity index (χ3n) is 3.83. The van der Waals surface area contributed by atoms with E-state index in [1.54, 1.807) is 32.0 Å². The Bertz CT molecular complexity index is 537. The van der Waals surface area contributed by atoms with Crippen LogP contribution in [0.3, 0.4) is 0 Å². The monoisotopic (exact) mass is 262 g/mol. The molecule has 0 spiro atoms. The fourth-order valence-electron chi connectivity index (χ4n) is 2.19. The lowest BCUT2D eigenvalue weighted by Gasteiger charge is -2.26. The van der Waals surface area contributed by atoms with Crippen molar-refractivity contribution in [3.8, 4) is 0 Å². The lowest BCUT2D eigenvalue weighted by molar-refractivity contribution is -0.144. The smallest absolute Gasteiger partial charge is 0.329 e. The van der Waals surface area contributed by atoms with Gasteiger partial charge in [0, 0.05) is 11.3 Å². The van der Waals surface area contributed by atoms with Crippen molar-refractivity contribution in [1.29, 1.82) is 0 Å². The molecule has 1 aliphatic rings. The quantitative estimate of drug-likeness (QED) is 0.718. The number of nitrogens with two attached hydrogens (primary N) is 1. The van der Waals surface area contributed by atoms with Crippen LogP contribution in [0.15, 0.2) is 18.2 Å². The van der Waals surface area contributed by atoms with E-state index in [-0.39, 0.29) is 11.8 Å². The van der Waals surface area contributed by atoms with Crippen molar-refractivity contribution in [2.24, 2.45) is 5.92 Å². The SMILES string of the molecule is Cc1c(N)cccc1C(=O)NC(C)(C(=O)O)C1CC1. The number of aliphatic carboxylic acids is 1. The second kappa shape index (κ2) is 4.57. The van der Waals surface area contributed by atoms with Gasteiger partial charge in [-0.1, -0.05) is 6.07 Å². The molecule has 5 nitrogen and oxygen atoms in total. The van der Waals surface area contributed by atoms with E-state index in [9.17, 15) is 14.7 Å². The van der Waals surface area contributed by atoms with E-state index in [2.05, 4.69) is 5.32 Å². The summed E-state index contributed by atoms with van der Waals surface area (Å²) in [6, 6.07) is 5.05. The molecule has 0 heterocycles. The molecule has 5 heteroatoms. The Hall–Kier alpha value is -2.04. The molecule has 1 aromatic carbocycles. The van der Waals surface area contributed by atoms with E-state index in [0.29, 0.717) is 16.8 Å². The van der Waals surface area contributed by atoms with Crippen molar-refractivity contribution in [3.63, 3.8) is 0 Å². The van der Waals surface area contributed by atoms with Crippen molar-refractivity contribution in [1.82, 2.24) is 5.32 Å². The maximum atomic E-state index is 12.2. The van der Waals surface area contributed by atoms with Crippen molar-refractivity contribution < 1.29 is 14.7 Å². The third kappa shape index (κ3) is 2.41. The second-order valence-electron chi connectivity index (χ2n) is 5.26. The number of hydrogen-bond acceptors (Lipinski definition) is 3. The van der Waals surface area contributed by atoms with Gasteiger partial charge >= 0.3 is 5.97 Å². The Labute approximate surface area is 111 Å². The van der Waals surface area contributed by atoms with Crippen LogP contribution in [0.5, 0.6) is 0 Å². The van der Waals surface area contributed by atoms with Crippen LogP contribution in [0.25, 0.3) is 0 Å². The van der Waals surface area contributed by atoms with Crippen molar-refractivity contribution >= 4 is 17.6 Å². The summed E-state index contributed by atoms with van der Waals surface area (Å²) in [5.41, 5.74) is 6.18. The summed E-state index contributed by atoms with van der Waals surface area (Å²) in [7, 11) is 0. The van der Waals surface area contributed by atoms with Crippen molar-refractivity contribution in [2.75, 3.05) is 5.73 Å². The Balaban J connectivity index is 2.25. The highest BCUT2D eigenvalue weighted by atomic mass is 16.4. The Kier molecular flexibility index (Phi) is 3.22. The van der Waals surface area contributed by atoms with Gasteiger partial charge in [-0.2, -0.15) is 0 Å². The number of nitrogen functional groups attached to an aromatic ring is 1. The number of hydrogen-bond donors (Lipinski definition) is 3. The Morgan fingerprint density at radius 1 is 1.42 bits per heavy atom. The molecule has 19 heavy (non-hydrogen) atoms. The zero-order valence-electron chi connectivity index (χ0n) is 11.1. The lowest BCUT2D eigenvalue weighted by atomic mass is 9.95. The van der Waals surface area contributed by atoms with Crippen LogP contribution >= 0.6 is 0 Å². The van der Waals surface area contributed by atoms with Gasteiger partial charge in [-0.3, -0.25) is 4.79 Å². The van der Waals surface area contributed by atoms with Crippen LogP contribution < -0.4 is 11.1 Å². The summed E-state index contributed by atoms with van der Waals surface area (Å²) in [5, 5.41) is 12.0. The molecule has 4 N–H and O–H groups in total. The molecule has 0 radical (unpaired) electrons. The maximum absolute atomic E-state index is 12.2. The molecule has 102 valence electrons. The molecule has 1 unspecified atom stereocenters. The van der Waals surface area contributed by atoms with Crippen molar-refractivity contribution in [3.05, 3.63) is 29.3 Å². The molecule has 1 aliphatic carbocycles. The molecule has 0 bridgehead atoms. The van der Waals surface area contributed by atoms with E-state index in [0.717, 1.165) is 12.8 Å². The van der Waals surface area contributed by atoms with Crippen LogP contribution in [-0.2, 0) is 4.79 Å². The first kappa shape index (κ1) is 13.4. The number of carboxylic acids is 1. The minimum Gasteiger partial charge on any atom is -0.480 e. The average Bonchev–Trinajstić information content (AvgIpc) is 3.16. The number of amides is 1. The van der Waals surface area contributed by atoms with E-state index >= 15 is 0 Å². The van der Waals surface area contributed by atoms with Crippen LogP contribution in [0.4, 0.5) is 5.69 Å². The number of nitrogens with one attached hydrogen (secondary N) is 1. The molecule has 0 aromatic heterocycles. The molecule has 1 fully saturated rings. The molecule has 1 atom stereocenters. The first-order valence-corrected chi connectivity index (χ1v) is 6.27. The molecule has 0 saturated heterocycles. The Morgan fingerprint density at radius 2 is 2.05 bits per heavy atom. The second-order valence-corrected chi connectivity index (χ2v) is 5.26. The number of benzene rings is 1. The van der Waals surface area contributed by atoms with Gasteiger partial charge in [0.1, 0.15) is 5.54 Å². The maximum Gasteiger partial charge on any atom is 0.329 e. The summed E-state index contributed by atoms with van der Waals surface area (Å²) in [6.45, 7) is 3.31. The highest BCUT2D eigenvalue weighted by Gasteiger charge is 2.48. The highest BCUT2D eigenvalue weighted by molar-refractivity contribution is 6.00. The Morgan fingerprint density at radius 3 is 2.58 bits per heavy atom. The summed E-state index contributed by atoms with van der Waals surface area (Å²) in [6.07, 6.45) is 1.66. The summed E-state index contributed by atoms with van der Waals surface area (Å²) >= 11 is 0. The number of anilines is 1. The van der Waals surface area contributed by atoms with Crippen LogP contribution in [0, 0.1) is 12.8 Å². The third-order valence-corrected chi connectivity index (χ3v) is 3.83. The van der Waals surface area contributed by atoms with Gasteiger partial charge in [0.05, 0.1) is 0 Å². The molecule has 2 rings (SSSR count). The number of rotatable bonds is 4. The van der Waals surface area contributed by atoms with Crippen LogP contribution in [-0.4, -0.2) is 22.5 Å². The number of carboxylic acid groups (broad SMARTS) is 1. The standard InChI is InChI=1S/C14H18N2O3/c1-8-10(4-3-5-11(8)15)12(17)16-14(2,13(18)19)9-6-7-9/h3-5,9H,6-7,15H2,1-2H3,(H,16,17)(H,18,19). The van der Waals surface area contributed by atoms with Gasteiger partial charge in [-0.05, 0) is 50.3 Å². The normalized spacial score (nSPS) is 17.6. The van der Waals surface area contributed by atoms with E-state index in [1.165, 1.54) is 0 Å². The number of carbonyl (C=O) groups excluding carboxylic acids is 1. The average molecular weight is 262 g/mol. The van der Waals surface area contributed by atoms with E-state index in [4.69, 9.17) is 5.73 Å². The van der Waals surface area contributed by atoms with E-state index < -0.39 is 11.5 Å². The topological polar surface area (TPSA) is 92.4 Å². The fourth-order valence-corrected chi connectivity index (χ4v) is 2.19. The highest BCUT2D eigenvalue weighted by Crippen LogP contribution is 2.40. The van der Waals surface area contributed by atoms with Gasteiger partial charge in [0.15, 0.2) is 0 Å². The minimum atomic E-state index is -1.20. The molecular weight excluding hydrogens is 244 g/mol. The zero-order valence-corrected chi connectivity index (χ0v) is 11.1. The predicted molar refractivity (Wildman–Crippen MR) is 71.8 cm³/mol. The van der Waals surface area contributed by atoms with Gasteiger partial charge in [-0.15, -0.1) is 0 Å². The van der Waals surface area contributed by atoms with Crippen molar-refractivity contribution in [2.45, 2.75) is 32.2 Å². The molecule has 1 aromatic rings. The summed E-state index contributed by atoms with van der Waals surface area (Å²) < 4.78 is 0. The zero-order chi connectivity index (χ0) is 14.2. The summed E-state index contributed by atoms with van der Waals surface area (Å²) in [5.74, 6) is -1.37. The van der Waals surface area contributed by atoms with Crippen LogP contribution in [0.1, 0.15) is 35.7 Å². The molecule has 1 saturated carbocycles. The minimum absolute atomic E-state index is 0.00955. The van der Waals surface area contributed by atoms with Crippen LogP contribution in [0.2, 0.25) is 0 Å². The van der Waals surface area contributed by atoms with Gasteiger partial charge < -0.3 is 16.2 Å². The fraction of sp³-hybridized carbons (Fsp3) is 0.429.